The van der Waals surface area contributed by atoms with E-state index in [0.29, 0.717) is 24.1 Å². The Balaban J connectivity index is 2.18. The third kappa shape index (κ3) is 3.30. The van der Waals surface area contributed by atoms with Crippen LogP contribution in [-0.2, 0) is 10.0 Å². The van der Waals surface area contributed by atoms with Crippen LogP contribution in [0.25, 0.3) is 0 Å². The van der Waals surface area contributed by atoms with Crippen LogP contribution in [0.15, 0.2) is 18.2 Å². The van der Waals surface area contributed by atoms with Gasteiger partial charge < -0.3 is 5.11 Å². The quantitative estimate of drug-likeness (QED) is 0.895. The number of benzene rings is 1. The molecule has 0 bridgehead atoms. The van der Waals surface area contributed by atoms with Crippen molar-refractivity contribution in [3.05, 3.63) is 29.3 Å². The van der Waals surface area contributed by atoms with E-state index in [2.05, 4.69) is 4.72 Å². The molecule has 5 nitrogen and oxygen atoms in total. The first-order valence-electron chi connectivity index (χ1n) is 6.76. The first-order valence-corrected chi connectivity index (χ1v) is 8.30. The van der Waals surface area contributed by atoms with Gasteiger partial charge in [0.2, 0.25) is 10.0 Å². The number of carboxylic acid groups (broad SMARTS) is 1. The van der Waals surface area contributed by atoms with E-state index in [0.717, 1.165) is 19.3 Å². The standard InChI is InChI=1S/C14H19NO4S/c1-10-9-11(14(16)17)7-8-13(10)15-20(18,19)12-5-3-2-4-6-12/h7-9,12,15H,2-6H2,1H3,(H,16,17). The van der Waals surface area contributed by atoms with Gasteiger partial charge in [-0.3, -0.25) is 4.72 Å². The average Bonchev–Trinajstić information content (AvgIpc) is 2.41. The van der Waals surface area contributed by atoms with Crippen LogP contribution >= 0.6 is 0 Å². The number of carboxylic acids is 1. The molecule has 0 aliphatic heterocycles. The highest BCUT2D eigenvalue weighted by atomic mass is 32.2. The van der Waals surface area contributed by atoms with Crippen molar-refractivity contribution < 1.29 is 18.3 Å². The fourth-order valence-corrected chi connectivity index (χ4v) is 4.18. The maximum absolute atomic E-state index is 12.3. The van der Waals surface area contributed by atoms with Crippen molar-refractivity contribution in [2.45, 2.75) is 44.3 Å². The van der Waals surface area contributed by atoms with Gasteiger partial charge in [-0.05, 0) is 43.5 Å². The Morgan fingerprint density at radius 3 is 2.45 bits per heavy atom. The zero-order valence-electron chi connectivity index (χ0n) is 11.4. The maximum Gasteiger partial charge on any atom is 0.335 e. The summed E-state index contributed by atoms with van der Waals surface area (Å²) in [6, 6.07) is 4.40. The SMILES string of the molecule is Cc1cc(C(=O)O)ccc1NS(=O)(=O)C1CCCCC1. The van der Waals surface area contributed by atoms with E-state index in [4.69, 9.17) is 5.11 Å². The second-order valence-corrected chi connectivity index (χ2v) is 7.20. The summed E-state index contributed by atoms with van der Waals surface area (Å²) in [6.07, 6.45) is 4.38. The molecule has 1 aliphatic carbocycles. The van der Waals surface area contributed by atoms with Crippen molar-refractivity contribution in [1.29, 1.82) is 0 Å². The Labute approximate surface area is 119 Å². The minimum Gasteiger partial charge on any atom is -0.478 e. The summed E-state index contributed by atoms with van der Waals surface area (Å²) < 4.78 is 27.2. The molecule has 1 aromatic carbocycles. The Morgan fingerprint density at radius 1 is 1.25 bits per heavy atom. The molecule has 0 amide bonds. The predicted molar refractivity (Wildman–Crippen MR) is 77.6 cm³/mol. The maximum atomic E-state index is 12.3. The molecule has 1 saturated carbocycles. The summed E-state index contributed by atoms with van der Waals surface area (Å²) in [5.41, 5.74) is 1.23. The van der Waals surface area contributed by atoms with Crippen LogP contribution in [0.2, 0.25) is 0 Å². The second kappa shape index (κ2) is 5.83. The first kappa shape index (κ1) is 14.8. The molecule has 1 aromatic rings. The number of hydrogen-bond donors (Lipinski definition) is 2. The van der Waals surface area contributed by atoms with Gasteiger partial charge in [-0.2, -0.15) is 0 Å². The first-order chi connectivity index (χ1) is 9.40. The topological polar surface area (TPSA) is 83.5 Å². The second-order valence-electron chi connectivity index (χ2n) is 5.24. The monoisotopic (exact) mass is 297 g/mol. The molecular weight excluding hydrogens is 278 g/mol. The highest BCUT2D eigenvalue weighted by Crippen LogP contribution is 2.26. The lowest BCUT2D eigenvalue weighted by Gasteiger charge is -2.23. The molecule has 0 unspecified atom stereocenters. The van der Waals surface area contributed by atoms with E-state index in [9.17, 15) is 13.2 Å². The van der Waals surface area contributed by atoms with Crippen molar-refractivity contribution in [2.75, 3.05) is 4.72 Å². The number of nitrogens with one attached hydrogen (secondary N) is 1. The number of carbonyl (C=O) groups is 1. The Morgan fingerprint density at radius 2 is 1.90 bits per heavy atom. The molecule has 0 atom stereocenters. The van der Waals surface area contributed by atoms with Gasteiger partial charge in [-0.25, -0.2) is 13.2 Å². The Bertz CT molecular complexity index is 604. The van der Waals surface area contributed by atoms with Gasteiger partial charge in [0.25, 0.3) is 0 Å². The lowest BCUT2D eigenvalue weighted by molar-refractivity contribution is 0.0697. The van der Waals surface area contributed by atoms with Crippen molar-refractivity contribution in [3.63, 3.8) is 0 Å². The lowest BCUT2D eigenvalue weighted by atomic mass is 10.0. The molecular formula is C14H19NO4S. The minimum absolute atomic E-state index is 0.156. The molecule has 6 heteroatoms. The third-order valence-electron chi connectivity index (χ3n) is 3.72. The number of aromatic carboxylic acids is 1. The number of sulfonamides is 1. The molecule has 0 radical (unpaired) electrons. The van der Waals surface area contributed by atoms with Crippen LogP contribution in [0.1, 0.15) is 48.0 Å². The summed E-state index contributed by atoms with van der Waals surface area (Å²) >= 11 is 0. The van der Waals surface area contributed by atoms with Crippen LogP contribution in [0.5, 0.6) is 0 Å². The molecule has 0 heterocycles. The van der Waals surface area contributed by atoms with Crippen LogP contribution in [0.3, 0.4) is 0 Å². The average molecular weight is 297 g/mol. The van der Waals surface area contributed by atoms with E-state index >= 15 is 0 Å². The van der Waals surface area contributed by atoms with Gasteiger partial charge in [-0.15, -0.1) is 0 Å². The normalized spacial score (nSPS) is 16.9. The summed E-state index contributed by atoms with van der Waals surface area (Å²) in [4.78, 5) is 10.9. The number of hydrogen-bond acceptors (Lipinski definition) is 3. The smallest absolute Gasteiger partial charge is 0.335 e. The molecule has 1 aliphatic rings. The summed E-state index contributed by atoms with van der Waals surface area (Å²) in [5, 5.41) is 8.56. The van der Waals surface area contributed by atoms with Crippen LogP contribution < -0.4 is 4.72 Å². The number of rotatable bonds is 4. The Kier molecular flexibility index (Phi) is 4.32. The lowest BCUT2D eigenvalue weighted by Crippen LogP contribution is -2.30. The van der Waals surface area contributed by atoms with Gasteiger partial charge in [0, 0.05) is 0 Å². The van der Waals surface area contributed by atoms with Gasteiger partial charge in [0.05, 0.1) is 16.5 Å². The van der Waals surface area contributed by atoms with Crippen molar-refractivity contribution in [2.24, 2.45) is 0 Å². The zero-order valence-corrected chi connectivity index (χ0v) is 12.2. The molecule has 1 fully saturated rings. The van der Waals surface area contributed by atoms with Crippen molar-refractivity contribution in [1.82, 2.24) is 0 Å². The van der Waals surface area contributed by atoms with Crippen molar-refractivity contribution in [3.8, 4) is 0 Å². The Hall–Kier alpha value is -1.56. The van der Waals surface area contributed by atoms with Gasteiger partial charge in [0.15, 0.2) is 0 Å². The van der Waals surface area contributed by atoms with Crippen LogP contribution in [0, 0.1) is 6.92 Å². The summed E-state index contributed by atoms with van der Waals surface area (Å²) in [6.45, 7) is 1.70. The van der Waals surface area contributed by atoms with E-state index < -0.39 is 16.0 Å². The van der Waals surface area contributed by atoms with Gasteiger partial charge in [-0.1, -0.05) is 19.3 Å². The fourth-order valence-electron chi connectivity index (χ4n) is 2.52. The van der Waals surface area contributed by atoms with E-state index in [1.165, 1.54) is 18.2 Å². The zero-order chi connectivity index (χ0) is 14.8. The van der Waals surface area contributed by atoms with Crippen LogP contribution in [-0.4, -0.2) is 24.7 Å². The van der Waals surface area contributed by atoms with Gasteiger partial charge >= 0.3 is 5.97 Å². The molecule has 20 heavy (non-hydrogen) atoms. The number of aryl methyl sites for hydroxylation is 1. The highest BCUT2D eigenvalue weighted by Gasteiger charge is 2.27. The summed E-state index contributed by atoms with van der Waals surface area (Å²) in [5.74, 6) is -1.02. The minimum atomic E-state index is -3.39. The van der Waals surface area contributed by atoms with Crippen LogP contribution in [0.4, 0.5) is 5.69 Å². The highest BCUT2D eigenvalue weighted by molar-refractivity contribution is 7.93. The van der Waals surface area contributed by atoms with E-state index in [1.54, 1.807) is 6.92 Å². The van der Waals surface area contributed by atoms with Gasteiger partial charge in [0.1, 0.15) is 0 Å². The van der Waals surface area contributed by atoms with Crippen molar-refractivity contribution >= 4 is 21.7 Å². The molecule has 2 rings (SSSR count). The molecule has 0 aromatic heterocycles. The molecule has 2 N–H and O–H groups in total. The number of anilines is 1. The molecule has 0 spiro atoms. The molecule has 0 saturated heterocycles. The summed E-state index contributed by atoms with van der Waals surface area (Å²) in [7, 11) is -3.39. The molecule has 110 valence electrons. The predicted octanol–water partition coefficient (Wildman–Crippen LogP) is 2.77. The largest absolute Gasteiger partial charge is 0.478 e. The third-order valence-corrected chi connectivity index (χ3v) is 5.57. The van der Waals surface area contributed by atoms with E-state index in [-0.39, 0.29) is 10.8 Å². The van der Waals surface area contributed by atoms with E-state index in [1.807, 2.05) is 0 Å². The fraction of sp³-hybridized carbons (Fsp3) is 0.500.